The minimum Gasteiger partial charge on any atom is -0.385 e. The van der Waals surface area contributed by atoms with E-state index < -0.39 is 0 Å². The van der Waals surface area contributed by atoms with Crippen molar-refractivity contribution in [1.29, 1.82) is 0 Å². The topological polar surface area (TPSA) is 73.4 Å². The Morgan fingerprint density at radius 3 is 2.62 bits per heavy atom. The van der Waals surface area contributed by atoms with Crippen molar-refractivity contribution in [3.8, 4) is 11.3 Å². The highest BCUT2D eigenvalue weighted by Crippen LogP contribution is 2.39. The second-order valence-corrected chi connectivity index (χ2v) is 8.28. The number of benzene rings is 2. The first-order valence-electron chi connectivity index (χ1n) is 11.0. The molecular formula is C25H30N6O. The molecule has 1 unspecified atom stereocenters. The average molecular weight is 431 g/mol. The third kappa shape index (κ3) is 4.10. The van der Waals surface area contributed by atoms with Gasteiger partial charge in [-0.25, -0.2) is 9.97 Å². The SMILES string of the molecule is CCNc1cccc(-c2ccnc(Nc3ccc4c(c3)N(C(C)C)C(C)C(=O)N4C)n2)c1. The lowest BCUT2D eigenvalue weighted by Gasteiger charge is -2.42. The summed E-state index contributed by atoms with van der Waals surface area (Å²) in [7, 11) is 1.83. The molecule has 2 heterocycles. The molecular weight excluding hydrogens is 400 g/mol. The van der Waals surface area contributed by atoms with Gasteiger partial charge in [-0.2, -0.15) is 0 Å². The first-order chi connectivity index (χ1) is 15.4. The van der Waals surface area contributed by atoms with E-state index in [0.29, 0.717) is 5.95 Å². The van der Waals surface area contributed by atoms with Crippen molar-refractivity contribution in [2.24, 2.45) is 0 Å². The number of hydrogen-bond acceptors (Lipinski definition) is 6. The number of likely N-dealkylation sites (N-methyl/N-ethyl adjacent to an activating group) is 1. The van der Waals surface area contributed by atoms with Crippen LogP contribution in [0.4, 0.5) is 28.7 Å². The van der Waals surface area contributed by atoms with E-state index in [2.05, 4.69) is 53.4 Å². The van der Waals surface area contributed by atoms with Crippen LogP contribution in [0.3, 0.4) is 0 Å². The molecule has 7 heteroatoms. The second-order valence-electron chi connectivity index (χ2n) is 8.28. The van der Waals surface area contributed by atoms with E-state index in [1.165, 1.54) is 0 Å². The van der Waals surface area contributed by atoms with Gasteiger partial charge < -0.3 is 20.4 Å². The molecule has 0 spiro atoms. The molecule has 1 aromatic heterocycles. The van der Waals surface area contributed by atoms with E-state index in [1.54, 1.807) is 11.1 Å². The molecule has 0 aliphatic carbocycles. The van der Waals surface area contributed by atoms with Gasteiger partial charge in [0.2, 0.25) is 11.9 Å². The van der Waals surface area contributed by atoms with Gasteiger partial charge in [-0.15, -0.1) is 0 Å². The molecule has 2 N–H and O–H groups in total. The summed E-state index contributed by atoms with van der Waals surface area (Å²) >= 11 is 0. The molecule has 166 valence electrons. The molecule has 1 atom stereocenters. The van der Waals surface area contributed by atoms with Gasteiger partial charge >= 0.3 is 0 Å². The van der Waals surface area contributed by atoms with Gasteiger partial charge in [0, 0.05) is 42.8 Å². The Balaban J connectivity index is 1.64. The first-order valence-corrected chi connectivity index (χ1v) is 11.0. The Labute approximate surface area is 189 Å². The number of carbonyl (C=O) groups excluding carboxylic acids is 1. The number of hydrogen-bond donors (Lipinski definition) is 2. The minimum atomic E-state index is -0.216. The summed E-state index contributed by atoms with van der Waals surface area (Å²) in [6.45, 7) is 9.11. The maximum atomic E-state index is 12.7. The summed E-state index contributed by atoms with van der Waals surface area (Å²) < 4.78 is 0. The molecule has 4 rings (SSSR count). The zero-order valence-corrected chi connectivity index (χ0v) is 19.3. The maximum Gasteiger partial charge on any atom is 0.249 e. The zero-order valence-electron chi connectivity index (χ0n) is 19.3. The van der Waals surface area contributed by atoms with Crippen LogP contribution in [-0.2, 0) is 4.79 Å². The second kappa shape index (κ2) is 8.86. The zero-order chi connectivity index (χ0) is 22.8. The van der Waals surface area contributed by atoms with E-state index in [4.69, 9.17) is 4.98 Å². The Hall–Kier alpha value is -3.61. The van der Waals surface area contributed by atoms with Gasteiger partial charge in [0.25, 0.3) is 0 Å². The van der Waals surface area contributed by atoms with Crippen LogP contribution in [0.15, 0.2) is 54.7 Å². The number of rotatable bonds is 6. The number of amides is 1. The van der Waals surface area contributed by atoms with Crippen LogP contribution in [0.5, 0.6) is 0 Å². The minimum absolute atomic E-state index is 0.0998. The van der Waals surface area contributed by atoms with E-state index in [9.17, 15) is 4.79 Å². The van der Waals surface area contributed by atoms with E-state index in [0.717, 1.165) is 40.6 Å². The highest BCUT2D eigenvalue weighted by atomic mass is 16.2. The number of carbonyl (C=O) groups is 1. The van der Waals surface area contributed by atoms with Crippen LogP contribution in [0.2, 0.25) is 0 Å². The van der Waals surface area contributed by atoms with Crippen LogP contribution in [0.25, 0.3) is 11.3 Å². The molecule has 0 saturated carbocycles. The van der Waals surface area contributed by atoms with Gasteiger partial charge in [0.15, 0.2) is 0 Å². The molecule has 0 fully saturated rings. The third-order valence-corrected chi connectivity index (χ3v) is 5.73. The van der Waals surface area contributed by atoms with Gasteiger partial charge in [-0.1, -0.05) is 12.1 Å². The average Bonchev–Trinajstić information content (AvgIpc) is 2.78. The fraction of sp³-hybridized carbons (Fsp3) is 0.320. The summed E-state index contributed by atoms with van der Waals surface area (Å²) in [5, 5.41) is 6.67. The molecule has 1 aliphatic heterocycles. The van der Waals surface area contributed by atoms with Crippen molar-refractivity contribution >= 4 is 34.6 Å². The molecule has 2 aromatic carbocycles. The fourth-order valence-electron chi connectivity index (χ4n) is 4.24. The van der Waals surface area contributed by atoms with Crippen LogP contribution < -0.4 is 20.4 Å². The summed E-state index contributed by atoms with van der Waals surface area (Å²) in [5.41, 5.74) is 5.75. The highest BCUT2D eigenvalue weighted by molar-refractivity contribution is 6.05. The molecule has 1 aliphatic rings. The highest BCUT2D eigenvalue weighted by Gasteiger charge is 2.34. The van der Waals surface area contributed by atoms with Crippen LogP contribution in [0.1, 0.15) is 27.7 Å². The molecule has 0 radical (unpaired) electrons. The van der Waals surface area contributed by atoms with Crippen LogP contribution >= 0.6 is 0 Å². The molecule has 32 heavy (non-hydrogen) atoms. The number of aromatic nitrogens is 2. The molecule has 3 aromatic rings. The molecule has 1 amide bonds. The van der Waals surface area contributed by atoms with Crippen molar-refractivity contribution < 1.29 is 4.79 Å². The van der Waals surface area contributed by atoms with Crippen molar-refractivity contribution in [1.82, 2.24) is 9.97 Å². The van der Waals surface area contributed by atoms with E-state index in [-0.39, 0.29) is 18.0 Å². The lowest BCUT2D eigenvalue weighted by molar-refractivity contribution is -0.119. The van der Waals surface area contributed by atoms with Crippen LogP contribution in [0, 0.1) is 0 Å². The van der Waals surface area contributed by atoms with Crippen molar-refractivity contribution in [2.75, 3.05) is 34.0 Å². The monoisotopic (exact) mass is 430 g/mol. The fourth-order valence-corrected chi connectivity index (χ4v) is 4.24. The number of nitrogens with zero attached hydrogens (tertiary/aromatic N) is 4. The standard InChI is InChI=1S/C25H30N6O/c1-6-26-19-9-7-8-18(14-19)21-12-13-27-25(29-21)28-20-10-11-22-23(15-20)31(16(2)3)17(4)24(32)30(22)5/h7-17,26H,6H2,1-5H3,(H,27,28,29). The summed E-state index contributed by atoms with van der Waals surface area (Å²) in [4.78, 5) is 25.7. The first kappa shape index (κ1) is 21.6. The Bertz CT molecular complexity index is 1130. The van der Waals surface area contributed by atoms with Gasteiger partial charge in [0.1, 0.15) is 6.04 Å². The predicted octanol–water partition coefficient (Wildman–Crippen LogP) is 4.90. The van der Waals surface area contributed by atoms with Crippen molar-refractivity contribution in [2.45, 2.75) is 39.8 Å². The van der Waals surface area contributed by atoms with Gasteiger partial charge in [0.05, 0.1) is 17.1 Å². The Kier molecular flexibility index (Phi) is 5.99. The van der Waals surface area contributed by atoms with Gasteiger partial charge in [-0.3, -0.25) is 4.79 Å². The summed E-state index contributed by atoms with van der Waals surface area (Å²) in [6.07, 6.45) is 1.76. The quantitative estimate of drug-likeness (QED) is 0.580. The third-order valence-electron chi connectivity index (χ3n) is 5.73. The largest absolute Gasteiger partial charge is 0.385 e. The summed E-state index contributed by atoms with van der Waals surface area (Å²) in [6, 6.07) is 16.1. The lowest BCUT2D eigenvalue weighted by Crippen LogP contribution is -2.53. The van der Waals surface area contributed by atoms with Gasteiger partial charge in [-0.05, 0) is 64.1 Å². The molecule has 0 saturated heterocycles. The number of nitrogens with one attached hydrogen (secondary N) is 2. The number of anilines is 5. The summed E-state index contributed by atoms with van der Waals surface area (Å²) in [5.74, 6) is 0.628. The predicted molar refractivity (Wildman–Crippen MR) is 132 cm³/mol. The molecule has 7 nitrogen and oxygen atoms in total. The number of fused-ring (bicyclic) bond motifs is 1. The van der Waals surface area contributed by atoms with E-state index >= 15 is 0 Å². The Morgan fingerprint density at radius 2 is 1.88 bits per heavy atom. The normalized spacial score (nSPS) is 15.7. The van der Waals surface area contributed by atoms with E-state index in [1.807, 2.05) is 50.4 Å². The smallest absolute Gasteiger partial charge is 0.249 e. The van der Waals surface area contributed by atoms with Crippen molar-refractivity contribution in [3.63, 3.8) is 0 Å². The molecule has 0 bridgehead atoms. The maximum absolute atomic E-state index is 12.7. The Morgan fingerprint density at radius 1 is 1.06 bits per heavy atom. The van der Waals surface area contributed by atoms with Crippen LogP contribution in [-0.4, -0.2) is 41.6 Å². The van der Waals surface area contributed by atoms with Crippen molar-refractivity contribution in [3.05, 3.63) is 54.7 Å². The lowest BCUT2D eigenvalue weighted by atomic mass is 10.0.